The van der Waals surface area contributed by atoms with Crippen LogP contribution in [0.3, 0.4) is 0 Å². The van der Waals surface area contributed by atoms with Crippen molar-refractivity contribution in [3.05, 3.63) is 54.0 Å². The molecule has 0 saturated carbocycles. The Morgan fingerprint density at radius 3 is 3.07 bits per heavy atom. The smallest absolute Gasteiger partial charge is 0.319 e. The SMILES string of the molecule is COCC(C)NC(=O)Nc1cccc(C2=CC=C3c4ncnc(N)c4SC3C2)c1. The van der Waals surface area contributed by atoms with Crippen molar-refractivity contribution in [2.45, 2.75) is 29.5 Å². The average Bonchev–Trinajstić information content (AvgIpc) is 3.07. The van der Waals surface area contributed by atoms with Crippen LogP contribution in [0.2, 0.25) is 0 Å². The van der Waals surface area contributed by atoms with Crippen molar-refractivity contribution in [3.8, 4) is 0 Å². The summed E-state index contributed by atoms with van der Waals surface area (Å²) in [4.78, 5) is 21.6. The van der Waals surface area contributed by atoms with E-state index in [1.165, 1.54) is 17.5 Å². The number of hydrogen-bond donors (Lipinski definition) is 3. The largest absolute Gasteiger partial charge is 0.383 e. The normalized spacial score (nSPS) is 18.2. The van der Waals surface area contributed by atoms with Crippen molar-refractivity contribution in [1.82, 2.24) is 15.3 Å². The van der Waals surface area contributed by atoms with E-state index in [9.17, 15) is 4.79 Å². The third-order valence-electron chi connectivity index (χ3n) is 4.87. The molecule has 150 valence electrons. The number of nitrogens with zero attached hydrogens (tertiary/aromatic N) is 2. The number of amides is 2. The molecule has 1 aliphatic carbocycles. The van der Waals surface area contributed by atoms with Gasteiger partial charge < -0.3 is 21.1 Å². The van der Waals surface area contributed by atoms with Crippen LogP contribution in [0.1, 0.15) is 24.6 Å². The number of rotatable bonds is 5. The molecule has 2 aliphatic rings. The Bertz CT molecular complexity index is 1000. The zero-order valence-corrected chi connectivity index (χ0v) is 17.1. The van der Waals surface area contributed by atoms with Crippen molar-refractivity contribution in [3.63, 3.8) is 0 Å². The molecule has 29 heavy (non-hydrogen) atoms. The molecule has 4 N–H and O–H groups in total. The highest BCUT2D eigenvalue weighted by Crippen LogP contribution is 2.50. The van der Waals surface area contributed by atoms with Gasteiger partial charge >= 0.3 is 6.03 Å². The Hall–Kier alpha value is -2.84. The number of benzene rings is 1. The Labute approximate surface area is 173 Å². The predicted molar refractivity (Wildman–Crippen MR) is 117 cm³/mol. The molecular weight excluding hydrogens is 386 g/mol. The lowest BCUT2D eigenvalue weighted by Gasteiger charge is -2.19. The van der Waals surface area contributed by atoms with Crippen LogP contribution in [0.25, 0.3) is 11.1 Å². The van der Waals surface area contributed by atoms with E-state index in [2.05, 4.69) is 38.8 Å². The lowest BCUT2D eigenvalue weighted by atomic mass is 9.91. The summed E-state index contributed by atoms with van der Waals surface area (Å²) >= 11 is 1.72. The highest BCUT2D eigenvalue weighted by Gasteiger charge is 2.33. The minimum Gasteiger partial charge on any atom is -0.383 e. The first-order chi connectivity index (χ1) is 14.0. The number of carbonyl (C=O) groups excluding carboxylic acids is 1. The van der Waals surface area contributed by atoms with Crippen LogP contribution >= 0.6 is 11.8 Å². The van der Waals surface area contributed by atoms with Crippen LogP contribution in [-0.2, 0) is 4.74 Å². The van der Waals surface area contributed by atoms with Gasteiger partial charge in [0.05, 0.1) is 23.2 Å². The summed E-state index contributed by atoms with van der Waals surface area (Å²) in [5, 5.41) is 6.01. The fourth-order valence-electron chi connectivity index (χ4n) is 3.56. The first kappa shape index (κ1) is 19.5. The van der Waals surface area contributed by atoms with Crippen LogP contribution in [0.4, 0.5) is 16.3 Å². The van der Waals surface area contributed by atoms with E-state index in [1.807, 2.05) is 25.1 Å². The number of ether oxygens (including phenoxy) is 1. The third-order valence-corrected chi connectivity index (χ3v) is 6.21. The quantitative estimate of drug-likeness (QED) is 0.698. The van der Waals surface area contributed by atoms with Gasteiger partial charge in [-0.15, -0.1) is 11.8 Å². The minimum atomic E-state index is -0.248. The van der Waals surface area contributed by atoms with E-state index in [4.69, 9.17) is 10.5 Å². The fraction of sp³-hybridized carbons (Fsp3) is 0.286. The van der Waals surface area contributed by atoms with Gasteiger partial charge in [0.1, 0.15) is 12.1 Å². The molecular formula is C21H23N5O2S. The average molecular weight is 410 g/mol. The number of nitrogens with two attached hydrogens (primary N) is 1. The number of thioether (sulfide) groups is 1. The van der Waals surface area contributed by atoms with Gasteiger partial charge in [-0.3, -0.25) is 0 Å². The number of fused-ring (bicyclic) bond motifs is 3. The Kier molecular flexibility index (Phi) is 5.55. The number of anilines is 2. The molecule has 2 amide bonds. The van der Waals surface area contributed by atoms with E-state index in [-0.39, 0.29) is 17.3 Å². The highest BCUT2D eigenvalue weighted by atomic mass is 32.2. The summed E-state index contributed by atoms with van der Waals surface area (Å²) in [6.45, 7) is 2.36. The van der Waals surface area contributed by atoms with Gasteiger partial charge in [0.2, 0.25) is 0 Å². The van der Waals surface area contributed by atoms with Crippen LogP contribution in [0.5, 0.6) is 0 Å². The Balaban J connectivity index is 1.49. The Morgan fingerprint density at radius 2 is 2.24 bits per heavy atom. The number of aromatic nitrogens is 2. The van der Waals surface area contributed by atoms with Crippen LogP contribution < -0.4 is 16.4 Å². The molecule has 0 radical (unpaired) electrons. The van der Waals surface area contributed by atoms with Crippen LogP contribution in [-0.4, -0.2) is 41.0 Å². The van der Waals surface area contributed by atoms with Crippen LogP contribution in [0.15, 0.2) is 47.6 Å². The molecule has 2 heterocycles. The zero-order valence-electron chi connectivity index (χ0n) is 16.3. The van der Waals surface area contributed by atoms with Crippen LogP contribution in [0, 0.1) is 0 Å². The van der Waals surface area contributed by atoms with Gasteiger partial charge in [-0.2, -0.15) is 0 Å². The van der Waals surface area contributed by atoms with Gasteiger partial charge in [-0.25, -0.2) is 14.8 Å². The number of methoxy groups -OCH3 is 1. The molecule has 0 saturated heterocycles. The summed E-state index contributed by atoms with van der Waals surface area (Å²) in [5.41, 5.74) is 11.2. The molecule has 7 nitrogen and oxygen atoms in total. The standard InChI is InChI=1S/C21H23N5O2S/c1-12(10-28-2)25-21(27)26-15-5-3-4-13(8-15)14-6-7-16-17(9-14)29-19-18(16)23-11-24-20(19)22/h3-8,11-12,17H,9-10H2,1-2H3,(H2,22,23,24)(H2,25,26,27). The third kappa shape index (κ3) is 4.13. The number of nitrogen functional groups attached to an aromatic ring is 1. The van der Waals surface area contributed by atoms with Crippen molar-refractivity contribution in [2.24, 2.45) is 0 Å². The second-order valence-corrected chi connectivity index (χ2v) is 8.31. The first-order valence-corrected chi connectivity index (χ1v) is 10.3. The van der Waals surface area contributed by atoms with Gasteiger partial charge in [0.15, 0.2) is 0 Å². The molecule has 4 rings (SSSR count). The molecule has 0 fully saturated rings. The number of urea groups is 1. The van der Waals surface area contributed by atoms with E-state index in [0.29, 0.717) is 12.4 Å². The zero-order chi connectivity index (χ0) is 20.4. The number of allylic oxidation sites excluding steroid dienone is 3. The van der Waals surface area contributed by atoms with Crippen molar-refractivity contribution in [2.75, 3.05) is 24.8 Å². The molecule has 2 aromatic rings. The highest BCUT2D eigenvalue weighted by molar-refractivity contribution is 8.01. The number of carbonyl (C=O) groups is 1. The monoisotopic (exact) mass is 409 g/mol. The van der Waals surface area contributed by atoms with Crippen molar-refractivity contribution < 1.29 is 9.53 Å². The molecule has 1 aliphatic heterocycles. The summed E-state index contributed by atoms with van der Waals surface area (Å²) in [6.07, 6.45) is 6.63. The second kappa shape index (κ2) is 8.26. The Morgan fingerprint density at radius 1 is 1.38 bits per heavy atom. The molecule has 1 aromatic carbocycles. The maximum absolute atomic E-state index is 12.2. The van der Waals surface area contributed by atoms with Gasteiger partial charge in [0, 0.05) is 18.0 Å². The van der Waals surface area contributed by atoms with E-state index >= 15 is 0 Å². The van der Waals surface area contributed by atoms with Gasteiger partial charge in [-0.1, -0.05) is 24.3 Å². The fourth-order valence-corrected chi connectivity index (χ4v) is 4.88. The van der Waals surface area contributed by atoms with E-state index in [0.717, 1.165) is 28.3 Å². The summed E-state index contributed by atoms with van der Waals surface area (Å²) < 4.78 is 5.04. The molecule has 0 spiro atoms. The molecule has 2 unspecified atom stereocenters. The first-order valence-electron chi connectivity index (χ1n) is 9.40. The maximum Gasteiger partial charge on any atom is 0.319 e. The molecule has 8 heteroatoms. The summed E-state index contributed by atoms with van der Waals surface area (Å²) in [6, 6.07) is 7.56. The maximum atomic E-state index is 12.2. The summed E-state index contributed by atoms with van der Waals surface area (Å²) in [5.74, 6) is 0.539. The number of hydrogen-bond acceptors (Lipinski definition) is 6. The molecule has 1 aromatic heterocycles. The lowest BCUT2D eigenvalue weighted by molar-refractivity contribution is 0.173. The lowest BCUT2D eigenvalue weighted by Crippen LogP contribution is -2.38. The van der Waals surface area contributed by atoms with E-state index < -0.39 is 0 Å². The van der Waals surface area contributed by atoms with Crippen molar-refractivity contribution in [1.29, 1.82) is 0 Å². The topological polar surface area (TPSA) is 102 Å². The van der Waals surface area contributed by atoms with Crippen molar-refractivity contribution >= 4 is 40.4 Å². The molecule has 0 bridgehead atoms. The van der Waals surface area contributed by atoms with Gasteiger partial charge in [-0.05, 0) is 42.2 Å². The van der Waals surface area contributed by atoms with Gasteiger partial charge in [0.25, 0.3) is 0 Å². The molecule has 2 atom stereocenters. The predicted octanol–water partition coefficient (Wildman–Crippen LogP) is 3.56. The minimum absolute atomic E-state index is 0.0654. The number of nitrogens with one attached hydrogen (secondary N) is 2. The summed E-state index contributed by atoms with van der Waals surface area (Å²) in [7, 11) is 1.61. The second-order valence-electron chi connectivity index (χ2n) is 7.10. The van der Waals surface area contributed by atoms with E-state index in [1.54, 1.807) is 18.9 Å².